The fourth-order valence-corrected chi connectivity index (χ4v) is 8.85. The average molecular weight is 687 g/mol. The standard InChI is InChI=1S/C50H30N4/c1-2-11-31(12-3-1)32-21-25-35(26-22-32)53-44-19-8-6-14-37(44)41-29-33(23-27-46(41)53)34-24-28-47-42(30-34)38-15-7-9-20-45(38)54(47)50-51-43-18-10-17-39-36-13-4-5-16-40(36)49(52-50)48(39)43/h1-30H. The normalized spacial score (nSPS) is 12.1. The van der Waals surface area contributed by atoms with E-state index in [1.165, 1.54) is 66.0 Å². The maximum Gasteiger partial charge on any atom is 0.235 e. The Kier molecular flexibility index (Phi) is 6.02. The van der Waals surface area contributed by atoms with E-state index >= 15 is 0 Å². The molecule has 0 radical (unpaired) electrons. The molecule has 0 fully saturated rings. The Hall–Kier alpha value is -7.30. The summed E-state index contributed by atoms with van der Waals surface area (Å²) in [6.45, 7) is 0. The van der Waals surface area contributed by atoms with Crippen molar-refractivity contribution in [3.8, 4) is 56.3 Å². The van der Waals surface area contributed by atoms with Crippen LogP contribution in [-0.2, 0) is 0 Å². The molecule has 4 nitrogen and oxygen atoms in total. The van der Waals surface area contributed by atoms with Crippen molar-refractivity contribution in [2.24, 2.45) is 0 Å². The van der Waals surface area contributed by atoms with E-state index in [9.17, 15) is 0 Å². The van der Waals surface area contributed by atoms with Gasteiger partial charge >= 0.3 is 0 Å². The largest absolute Gasteiger partial charge is 0.309 e. The van der Waals surface area contributed by atoms with Crippen molar-refractivity contribution in [2.75, 3.05) is 0 Å². The zero-order valence-corrected chi connectivity index (χ0v) is 29.1. The van der Waals surface area contributed by atoms with Crippen LogP contribution >= 0.6 is 0 Å². The lowest BCUT2D eigenvalue weighted by Crippen LogP contribution is -2.02. The molecule has 250 valence electrons. The molecule has 0 spiro atoms. The summed E-state index contributed by atoms with van der Waals surface area (Å²) in [5, 5.41) is 5.97. The smallest absolute Gasteiger partial charge is 0.235 e. The highest BCUT2D eigenvalue weighted by Gasteiger charge is 2.25. The van der Waals surface area contributed by atoms with Crippen molar-refractivity contribution in [3.63, 3.8) is 0 Å². The Bertz CT molecular complexity index is 3310. The molecule has 0 saturated heterocycles. The van der Waals surface area contributed by atoms with Crippen molar-refractivity contribution in [1.82, 2.24) is 19.1 Å². The van der Waals surface area contributed by atoms with Crippen molar-refractivity contribution < 1.29 is 0 Å². The molecule has 0 amide bonds. The first-order chi connectivity index (χ1) is 26.8. The summed E-state index contributed by atoms with van der Waals surface area (Å²) < 4.78 is 4.62. The summed E-state index contributed by atoms with van der Waals surface area (Å²) >= 11 is 0. The minimum atomic E-state index is 0.691. The molecule has 0 aliphatic heterocycles. The molecule has 54 heavy (non-hydrogen) atoms. The van der Waals surface area contributed by atoms with E-state index in [2.05, 4.69) is 191 Å². The molecule has 3 heterocycles. The van der Waals surface area contributed by atoms with Crippen LogP contribution in [0.1, 0.15) is 0 Å². The van der Waals surface area contributed by atoms with Gasteiger partial charge in [-0.2, -0.15) is 0 Å². The van der Waals surface area contributed by atoms with Crippen LogP contribution in [0.15, 0.2) is 182 Å². The van der Waals surface area contributed by atoms with Crippen LogP contribution in [-0.4, -0.2) is 19.1 Å². The second kappa shape index (κ2) is 11.1. The van der Waals surface area contributed by atoms with Gasteiger partial charge in [0.2, 0.25) is 5.95 Å². The van der Waals surface area contributed by atoms with E-state index in [-0.39, 0.29) is 0 Å². The van der Waals surface area contributed by atoms with E-state index in [1.807, 2.05) is 0 Å². The third-order valence-corrected chi connectivity index (χ3v) is 11.3. The van der Waals surface area contributed by atoms with Gasteiger partial charge in [-0.05, 0) is 88.0 Å². The molecule has 1 aliphatic carbocycles. The lowest BCUT2D eigenvalue weighted by Gasteiger charge is -2.10. The van der Waals surface area contributed by atoms with E-state index in [1.54, 1.807) is 0 Å². The third-order valence-electron chi connectivity index (χ3n) is 11.3. The molecule has 0 unspecified atom stereocenters. The van der Waals surface area contributed by atoms with Gasteiger partial charge in [-0.1, -0.05) is 127 Å². The summed E-state index contributed by atoms with van der Waals surface area (Å²) in [4.78, 5) is 10.5. The predicted molar refractivity (Wildman–Crippen MR) is 224 cm³/mol. The van der Waals surface area contributed by atoms with Crippen LogP contribution in [0.25, 0.3) is 111 Å². The SMILES string of the molecule is c1ccc(-c2ccc(-n3c4ccccc4c4cc(-c5ccc6c(c5)c5ccccc5n6-c5nc6c7c(cccc7n5)-c5ccccc5-6)ccc43)cc2)cc1. The minimum absolute atomic E-state index is 0.691. The van der Waals surface area contributed by atoms with Crippen LogP contribution < -0.4 is 0 Å². The van der Waals surface area contributed by atoms with Crippen molar-refractivity contribution in [2.45, 2.75) is 0 Å². The zero-order chi connectivity index (χ0) is 35.3. The zero-order valence-electron chi connectivity index (χ0n) is 29.1. The molecule has 0 saturated carbocycles. The third kappa shape index (κ3) is 4.13. The van der Waals surface area contributed by atoms with Crippen LogP contribution in [0.5, 0.6) is 0 Å². The number of rotatable bonds is 4. The first-order valence-corrected chi connectivity index (χ1v) is 18.4. The molecular formula is C50H30N4. The average Bonchev–Trinajstić information content (AvgIpc) is 3.87. The molecule has 3 aromatic heterocycles. The van der Waals surface area contributed by atoms with E-state index < -0.39 is 0 Å². The maximum absolute atomic E-state index is 5.30. The molecule has 12 rings (SSSR count). The summed E-state index contributed by atoms with van der Waals surface area (Å²) in [5.74, 6) is 0.691. The van der Waals surface area contributed by atoms with Gasteiger partial charge in [0, 0.05) is 38.2 Å². The topological polar surface area (TPSA) is 35.6 Å². The van der Waals surface area contributed by atoms with Crippen molar-refractivity contribution >= 4 is 54.5 Å². The van der Waals surface area contributed by atoms with E-state index in [0.717, 1.165) is 38.9 Å². The number of hydrogen-bond acceptors (Lipinski definition) is 2. The number of hydrogen-bond donors (Lipinski definition) is 0. The lowest BCUT2D eigenvalue weighted by molar-refractivity contribution is 1.02. The molecule has 4 heteroatoms. The number of aromatic nitrogens is 4. The van der Waals surface area contributed by atoms with Gasteiger partial charge in [0.15, 0.2) is 0 Å². The fraction of sp³-hybridized carbons (Fsp3) is 0. The van der Waals surface area contributed by atoms with Crippen LogP contribution in [0, 0.1) is 0 Å². The first-order valence-electron chi connectivity index (χ1n) is 18.4. The fourth-order valence-electron chi connectivity index (χ4n) is 8.85. The Morgan fingerprint density at radius 1 is 0.333 bits per heavy atom. The molecule has 0 bridgehead atoms. The summed E-state index contributed by atoms with van der Waals surface area (Å²) in [5.41, 5.74) is 16.1. The van der Waals surface area contributed by atoms with Crippen LogP contribution in [0.4, 0.5) is 0 Å². The van der Waals surface area contributed by atoms with Crippen molar-refractivity contribution in [1.29, 1.82) is 0 Å². The maximum atomic E-state index is 5.30. The lowest BCUT2D eigenvalue weighted by atomic mass is 10.0. The number of para-hydroxylation sites is 2. The van der Waals surface area contributed by atoms with Gasteiger partial charge in [0.1, 0.15) is 0 Å². The number of benzene rings is 8. The molecule has 8 aromatic carbocycles. The highest BCUT2D eigenvalue weighted by molar-refractivity contribution is 6.15. The minimum Gasteiger partial charge on any atom is -0.309 e. The first kappa shape index (κ1) is 29.3. The summed E-state index contributed by atoms with van der Waals surface area (Å²) in [6.07, 6.45) is 0. The van der Waals surface area contributed by atoms with Crippen LogP contribution in [0.2, 0.25) is 0 Å². The Morgan fingerprint density at radius 3 is 1.59 bits per heavy atom. The van der Waals surface area contributed by atoms with Gasteiger partial charge < -0.3 is 4.57 Å². The molecule has 11 aromatic rings. The molecular weight excluding hydrogens is 657 g/mol. The second-order valence-corrected chi connectivity index (χ2v) is 14.2. The van der Waals surface area contributed by atoms with Gasteiger partial charge in [-0.25, -0.2) is 9.97 Å². The Morgan fingerprint density at radius 2 is 0.870 bits per heavy atom. The Balaban J connectivity index is 1.01. The highest BCUT2D eigenvalue weighted by Crippen LogP contribution is 2.46. The van der Waals surface area contributed by atoms with Gasteiger partial charge in [-0.15, -0.1) is 0 Å². The second-order valence-electron chi connectivity index (χ2n) is 14.2. The quantitative estimate of drug-likeness (QED) is 0.185. The van der Waals surface area contributed by atoms with Crippen LogP contribution in [0.3, 0.4) is 0 Å². The van der Waals surface area contributed by atoms with Gasteiger partial charge in [-0.3, -0.25) is 4.57 Å². The van der Waals surface area contributed by atoms with Crippen molar-refractivity contribution in [3.05, 3.63) is 182 Å². The summed E-state index contributed by atoms with van der Waals surface area (Å²) in [7, 11) is 0. The van der Waals surface area contributed by atoms with Gasteiger partial charge in [0.05, 0.1) is 33.3 Å². The number of fused-ring (bicyclic) bond motifs is 9. The van der Waals surface area contributed by atoms with Gasteiger partial charge in [0.25, 0.3) is 0 Å². The number of nitrogens with zero attached hydrogens (tertiary/aromatic N) is 4. The molecule has 0 atom stereocenters. The summed E-state index contributed by atoms with van der Waals surface area (Å²) in [6, 6.07) is 65.5. The predicted octanol–water partition coefficient (Wildman–Crippen LogP) is 12.8. The van der Waals surface area contributed by atoms with E-state index in [4.69, 9.17) is 9.97 Å². The van der Waals surface area contributed by atoms with E-state index in [0.29, 0.717) is 5.95 Å². The molecule has 1 aliphatic rings. The Labute approximate surface area is 310 Å². The monoisotopic (exact) mass is 686 g/mol. The highest BCUT2D eigenvalue weighted by atomic mass is 15.2. The molecule has 0 N–H and O–H groups in total.